The number of aldehydes is 1. The summed E-state index contributed by atoms with van der Waals surface area (Å²) in [7, 11) is 0. The van der Waals surface area contributed by atoms with E-state index in [0.717, 1.165) is 18.3 Å². The summed E-state index contributed by atoms with van der Waals surface area (Å²) in [5, 5.41) is 3.50. The van der Waals surface area contributed by atoms with Gasteiger partial charge in [0.2, 0.25) is 0 Å². The zero-order valence-corrected chi connectivity index (χ0v) is 10.7. The van der Waals surface area contributed by atoms with E-state index >= 15 is 0 Å². The largest absolute Gasteiger partial charge is 0.298 e. The third-order valence-electron chi connectivity index (χ3n) is 2.24. The Morgan fingerprint density at radius 3 is 2.93 bits per heavy atom. The third kappa shape index (κ3) is 1.59. The van der Waals surface area contributed by atoms with Crippen LogP contribution in [0.15, 0.2) is 17.5 Å². The number of hydrogen-bond donors (Lipinski definition) is 0. The van der Waals surface area contributed by atoms with Gasteiger partial charge in [0, 0.05) is 19.2 Å². The van der Waals surface area contributed by atoms with Crippen LogP contribution in [0.2, 0.25) is 0 Å². The summed E-state index contributed by atoms with van der Waals surface area (Å²) in [6.45, 7) is 2.16. The smallest absolute Gasteiger partial charge is 0.150 e. The Morgan fingerprint density at radius 1 is 1.50 bits per heavy atom. The second-order valence-corrected chi connectivity index (χ2v) is 5.18. The first-order valence-corrected chi connectivity index (χ1v) is 6.37. The van der Waals surface area contributed by atoms with Crippen LogP contribution in [0.5, 0.6) is 0 Å². The maximum absolute atomic E-state index is 10.7. The van der Waals surface area contributed by atoms with Crippen LogP contribution >= 0.6 is 33.9 Å². The Bertz CT molecular complexity index is 487. The zero-order valence-electron chi connectivity index (χ0n) is 7.71. The van der Waals surface area contributed by atoms with Gasteiger partial charge in [0.25, 0.3) is 0 Å². The molecule has 2 aromatic rings. The van der Waals surface area contributed by atoms with Gasteiger partial charge in [-0.2, -0.15) is 0 Å². The number of benzene rings is 1. The van der Waals surface area contributed by atoms with Gasteiger partial charge in [0.1, 0.15) is 6.29 Å². The van der Waals surface area contributed by atoms with Gasteiger partial charge >= 0.3 is 0 Å². The van der Waals surface area contributed by atoms with Crippen LogP contribution in [0, 0.1) is 3.57 Å². The monoisotopic (exact) mass is 316 g/mol. The lowest BCUT2D eigenvalue weighted by Crippen LogP contribution is -1.84. The minimum absolute atomic E-state index is 0.770. The molecule has 0 aliphatic rings. The SMILES string of the molecule is CCc1csc2cc(C=O)cc(I)c12. The average Bonchev–Trinajstić information content (AvgIpc) is 2.61. The number of hydrogen-bond acceptors (Lipinski definition) is 2. The topological polar surface area (TPSA) is 17.1 Å². The van der Waals surface area contributed by atoms with Gasteiger partial charge in [-0.1, -0.05) is 6.92 Å². The third-order valence-corrected chi connectivity index (χ3v) is 4.07. The first kappa shape index (κ1) is 10.1. The van der Waals surface area contributed by atoms with Crippen LogP contribution in [0.3, 0.4) is 0 Å². The van der Waals surface area contributed by atoms with Crippen LogP contribution in [0.1, 0.15) is 22.8 Å². The Kier molecular flexibility index (Phi) is 2.88. The molecule has 72 valence electrons. The zero-order chi connectivity index (χ0) is 10.1. The first-order chi connectivity index (χ1) is 6.76. The number of halogens is 1. The molecular formula is C11H9IOS. The van der Waals surface area contributed by atoms with Crippen molar-refractivity contribution >= 4 is 50.3 Å². The summed E-state index contributed by atoms with van der Waals surface area (Å²) in [6.07, 6.45) is 1.96. The molecule has 1 nitrogen and oxygen atoms in total. The van der Waals surface area contributed by atoms with E-state index in [9.17, 15) is 4.79 Å². The number of carbonyl (C=O) groups is 1. The van der Waals surface area contributed by atoms with E-state index in [1.54, 1.807) is 11.3 Å². The molecule has 1 aromatic carbocycles. The lowest BCUT2D eigenvalue weighted by atomic mass is 10.1. The molecule has 0 bridgehead atoms. The Balaban J connectivity index is 2.78. The number of fused-ring (bicyclic) bond motifs is 1. The molecule has 14 heavy (non-hydrogen) atoms. The van der Waals surface area contributed by atoms with Crippen LogP contribution in [0.25, 0.3) is 10.1 Å². The van der Waals surface area contributed by atoms with Gasteiger partial charge in [0.15, 0.2) is 0 Å². The van der Waals surface area contributed by atoms with Crippen molar-refractivity contribution in [2.45, 2.75) is 13.3 Å². The van der Waals surface area contributed by atoms with E-state index in [2.05, 4.69) is 34.9 Å². The van der Waals surface area contributed by atoms with E-state index in [1.165, 1.54) is 19.2 Å². The molecule has 1 aromatic heterocycles. The van der Waals surface area contributed by atoms with E-state index in [0.29, 0.717) is 0 Å². The summed E-state index contributed by atoms with van der Waals surface area (Å²) in [5.74, 6) is 0. The summed E-state index contributed by atoms with van der Waals surface area (Å²) in [4.78, 5) is 10.7. The molecule has 1 heterocycles. The molecule has 0 N–H and O–H groups in total. The molecule has 0 unspecified atom stereocenters. The normalized spacial score (nSPS) is 10.7. The fourth-order valence-corrected chi connectivity index (χ4v) is 3.82. The Morgan fingerprint density at radius 2 is 2.29 bits per heavy atom. The summed E-state index contributed by atoms with van der Waals surface area (Å²) < 4.78 is 2.40. The highest BCUT2D eigenvalue weighted by Crippen LogP contribution is 2.31. The molecule has 0 fully saturated rings. The number of aryl methyl sites for hydroxylation is 1. The highest BCUT2D eigenvalue weighted by atomic mass is 127. The summed E-state index contributed by atoms with van der Waals surface area (Å²) >= 11 is 4.02. The molecule has 0 saturated heterocycles. The minimum atomic E-state index is 0.770. The minimum Gasteiger partial charge on any atom is -0.298 e. The quantitative estimate of drug-likeness (QED) is 0.607. The Hall–Kier alpha value is -0.420. The van der Waals surface area contributed by atoms with E-state index in [1.807, 2.05) is 12.1 Å². The Labute approximate surface area is 100 Å². The van der Waals surface area contributed by atoms with E-state index < -0.39 is 0 Å². The fourth-order valence-electron chi connectivity index (χ4n) is 1.53. The van der Waals surface area contributed by atoms with Gasteiger partial charge in [-0.15, -0.1) is 11.3 Å². The molecule has 2 rings (SSSR count). The molecule has 0 saturated carbocycles. The van der Waals surface area contributed by atoms with Crippen LogP contribution in [-0.4, -0.2) is 6.29 Å². The van der Waals surface area contributed by atoms with Crippen molar-refractivity contribution in [3.8, 4) is 0 Å². The van der Waals surface area contributed by atoms with Crippen molar-refractivity contribution in [3.63, 3.8) is 0 Å². The maximum Gasteiger partial charge on any atom is 0.150 e. The predicted octanol–water partition coefficient (Wildman–Crippen LogP) is 3.88. The van der Waals surface area contributed by atoms with Crippen molar-refractivity contribution in [1.82, 2.24) is 0 Å². The average molecular weight is 316 g/mol. The maximum atomic E-state index is 10.7. The second kappa shape index (κ2) is 3.98. The van der Waals surface area contributed by atoms with E-state index in [4.69, 9.17) is 0 Å². The van der Waals surface area contributed by atoms with Crippen molar-refractivity contribution < 1.29 is 4.79 Å². The van der Waals surface area contributed by atoms with Crippen molar-refractivity contribution in [3.05, 3.63) is 32.2 Å². The standard InChI is InChI=1S/C11H9IOS/c1-2-8-6-14-10-4-7(5-13)3-9(12)11(8)10/h3-6H,2H2,1H3. The van der Waals surface area contributed by atoms with Gasteiger partial charge in [0.05, 0.1) is 0 Å². The van der Waals surface area contributed by atoms with Crippen molar-refractivity contribution in [2.24, 2.45) is 0 Å². The molecule has 0 aliphatic carbocycles. The lowest BCUT2D eigenvalue weighted by molar-refractivity contribution is 0.112. The molecule has 0 spiro atoms. The first-order valence-electron chi connectivity index (χ1n) is 4.41. The molecular weight excluding hydrogens is 307 g/mol. The van der Waals surface area contributed by atoms with Crippen LogP contribution in [-0.2, 0) is 6.42 Å². The number of carbonyl (C=O) groups excluding carboxylic acids is 1. The summed E-state index contributed by atoms with van der Waals surface area (Å²) in [5.41, 5.74) is 2.15. The van der Waals surface area contributed by atoms with Crippen LogP contribution < -0.4 is 0 Å². The lowest BCUT2D eigenvalue weighted by Gasteiger charge is -1.99. The fraction of sp³-hybridized carbons (Fsp3) is 0.182. The van der Waals surface area contributed by atoms with E-state index in [-0.39, 0.29) is 0 Å². The van der Waals surface area contributed by atoms with Gasteiger partial charge in [-0.05, 0) is 52.1 Å². The van der Waals surface area contributed by atoms with Crippen molar-refractivity contribution in [2.75, 3.05) is 0 Å². The molecule has 0 amide bonds. The number of rotatable bonds is 2. The summed E-state index contributed by atoms with van der Waals surface area (Å²) in [6, 6.07) is 3.91. The highest BCUT2D eigenvalue weighted by Gasteiger charge is 2.07. The highest BCUT2D eigenvalue weighted by molar-refractivity contribution is 14.1. The molecule has 0 atom stereocenters. The van der Waals surface area contributed by atoms with Gasteiger partial charge in [-0.3, -0.25) is 4.79 Å². The van der Waals surface area contributed by atoms with Gasteiger partial charge < -0.3 is 0 Å². The second-order valence-electron chi connectivity index (χ2n) is 3.11. The molecule has 0 radical (unpaired) electrons. The number of thiophene rings is 1. The predicted molar refractivity (Wildman–Crippen MR) is 69.3 cm³/mol. The van der Waals surface area contributed by atoms with Crippen LogP contribution in [0.4, 0.5) is 0 Å². The molecule has 3 heteroatoms. The van der Waals surface area contributed by atoms with Gasteiger partial charge in [-0.25, -0.2) is 0 Å². The molecule has 0 aliphatic heterocycles. The van der Waals surface area contributed by atoms with Crippen molar-refractivity contribution in [1.29, 1.82) is 0 Å².